The number of carboxylic acids is 1. The molecule has 98 valence electrons. The molecule has 1 amide bonds. The van der Waals surface area contributed by atoms with Gasteiger partial charge in [0.2, 0.25) is 6.43 Å². The van der Waals surface area contributed by atoms with E-state index in [2.05, 4.69) is 20.9 Å². The van der Waals surface area contributed by atoms with Crippen molar-refractivity contribution < 1.29 is 23.5 Å². The molecule has 1 heterocycles. The van der Waals surface area contributed by atoms with Gasteiger partial charge < -0.3 is 10.4 Å². The molecular weight excluding hydrogens is 314 g/mol. The zero-order chi connectivity index (χ0) is 13.7. The van der Waals surface area contributed by atoms with Crippen molar-refractivity contribution >= 4 is 27.8 Å². The van der Waals surface area contributed by atoms with Gasteiger partial charge in [0.05, 0.1) is 5.56 Å². The van der Waals surface area contributed by atoms with Gasteiger partial charge in [0.25, 0.3) is 5.91 Å². The molecule has 0 spiro atoms. The minimum Gasteiger partial charge on any atom is -0.480 e. The van der Waals surface area contributed by atoms with E-state index in [1.54, 1.807) is 0 Å². The highest BCUT2D eigenvalue weighted by Gasteiger charge is 2.24. The molecule has 2 N–H and O–H groups in total. The number of nitrogens with one attached hydrogen (secondary N) is 1. The van der Waals surface area contributed by atoms with Gasteiger partial charge in [-0.2, -0.15) is 0 Å². The average Bonchev–Trinajstić information content (AvgIpc) is 2.27. The molecular formula is C10H9BrF2N2O3. The van der Waals surface area contributed by atoms with Crippen molar-refractivity contribution in [3.63, 3.8) is 0 Å². The Morgan fingerprint density at radius 2 is 2.11 bits per heavy atom. The molecule has 1 aromatic rings. The second-order valence-electron chi connectivity index (χ2n) is 3.38. The summed E-state index contributed by atoms with van der Waals surface area (Å²) < 4.78 is 24.8. The first-order valence-electron chi connectivity index (χ1n) is 4.82. The average molecular weight is 323 g/mol. The molecule has 0 bridgehead atoms. The van der Waals surface area contributed by atoms with Gasteiger partial charge in [-0.1, -0.05) is 0 Å². The summed E-state index contributed by atoms with van der Waals surface area (Å²) in [5.74, 6) is -2.27. The first-order chi connectivity index (χ1) is 8.40. The molecule has 18 heavy (non-hydrogen) atoms. The Morgan fingerprint density at radius 3 is 2.61 bits per heavy atom. The number of amides is 1. The van der Waals surface area contributed by atoms with Crippen LogP contribution in [0.2, 0.25) is 0 Å². The van der Waals surface area contributed by atoms with Gasteiger partial charge in [0.1, 0.15) is 6.04 Å². The SMILES string of the molecule is O=C(NC(CC(F)F)C(=O)O)c1cncc(Br)c1. The molecule has 1 rings (SSSR count). The van der Waals surface area contributed by atoms with Crippen molar-refractivity contribution in [2.45, 2.75) is 18.9 Å². The maximum absolute atomic E-state index is 12.1. The lowest BCUT2D eigenvalue weighted by atomic mass is 10.2. The lowest BCUT2D eigenvalue weighted by Crippen LogP contribution is -2.42. The van der Waals surface area contributed by atoms with Crippen LogP contribution in [-0.2, 0) is 4.79 Å². The van der Waals surface area contributed by atoms with Crippen molar-refractivity contribution in [3.8, 4) is 0 Å². The number of halogens is 3. The highest BCUT2D eigenvalue weighted by molar-refractivity contribution is 9.10. The van der Waals surface area contributed by atoms with Crippen LogP contribution in [0.4, 0.5) is 8.78 Å². The van der Waals surface area contributed by atoms with Crippen molar-refractivity contribution in [2.75, 3.05) is 0 Å². The number of carbonyl (C=O) groups excluding carboxylic acids is 1. The number of hydrogen-bond donors (Lipinski definition) is 2. The first-order valence-corrected chi connectivity index (χ1v) is 5.62. The molecule has 0 aliphatic rings. The Balaban J connectivity index is 2.75. The van der Waals surface area contributed by atoms with Crippen LogP contribution in [0.5, 0.6) is 0 Å². The van der Waals surface area contributed by atoms with Gasteiger partial charge in [-0.3, -0.25) is 9.78 Å². The van der Waals surface area contributed by atoms with Crippen LogP contribution in [-0.4, -0.2) is 34.4 Å². The van der Waals surface area contributed by atoms with Crippen LogP contribution in [0.15, 0.2) is 22.9 Å². The molecule has 1 unspecified atom stereocenters. The molecule has 0 saturated heterocycles. The number of nitrogens with zero attached hydrogens (tertiary/aromatic N) is 1. The standard InChI is InChI=1S/C10H9BrF2N2O3/c11-6-1-5(3-14-4-6)9(16)15-7(10(17)18)2-8(12)13/h1,3-4,7-8H,2H2,(H,15,16)(H,17,18). The van der Waals surface area contributed by atoms with E-state index < -0.39 is 30.8 Å². The molecule has 0 saturated carbocycles. The summed E-state index contributed by atoms with van der Waals surface area (Å²) in [5, 5.41) is 10.7. The molecule has 5 nitrogen and oxygen atoms in total. The normalized spacial score (nSPS) is 12.2. The quantitative estimate of drug-likeness (QED) is 0.864. The van der Waals surface area contributed by atoms with E-state index in [4.69, 9.17) is 5.11 Å². The minimum atomic E-state index is -2.81. The first kappa shape index (κ1) is 14.5. The third-order valence-electron chi connectivity index (χ3n) is 1.98. The van der Waals surface area contributed by atoms with Gasteiger partial charge in [-0.15, -0.1) is 0 Å². The van der Waals surface area contributed by atoms with E-state index in [-0.39, 0.29) is 5.56 Å². The number of aromatic nitrogens is 1. The van der Waals surface area contributed by atoms with Crippen molar-refractivity contribution in [2.24, 2.45) is 0 Å². The van der Waals surface area contributed by atoms with Crippen molar-refractivity contribution in [1.82, 2.24) is 10.3 Å². The largest absolute Gasteiger partial charge is 0.480 e. The molecule has 0 fully saturated rings. The monoisotopic (exact) mass is 322 g/mol. The van der Waals surface area contributed by atoms with Crippen LogP contribution >= 0.6 is 15.9 Å². The lowest BCUT2D eigenvalue weighted by molar-refractivity contribution is -0.140. The topological polar surface area (TPSA) is 79.3 Å². The third-order valence-corrected chi connectivity index (χ3v) is 2.42. The maximum atomic E-state index is 12.1. The van der Waals surface area contributed by atoms with Gasteiger partial charge in [0.15, 0.2) is 0 Å². The van der Waals surface area contributed by atoms with Crippen LogP contribution < -0.4 is 5.32 Å². The zero-order valence-corrected chi connectivity index (χ0v) is 10.5. The molecule has 0 aliphatic carbocycles. The van der Waals surface area contributed by atoms with E-state index in [0.717, 1.165) is 0 Å². The Morgan fingerprint density at radius 1 is 1.44 bits per heavy atom. The summed E-state index contributed by atoms with van der Waals surface area (Å²) in [6, 6.07) is -0.222. The number of hydrogen-bond acceptors (Lipinski definition) is 3. The number of aliphatic carboxylic acids is 1. The van der Waals surface area contributed by atoms with Gasteiger partial charge in [0, 0.05) is 23.3 Å². The fraction of sp³-hybridized carbons (Fsp3) is 0.300. The minimum absolute atomic E-state index is 0.0879. The van der Waals surface area contributed by atoms with Gasteiger partial charge >= 0.3 is 5.97 Å². The fourth-order valence-corrected chi connectivity index (χ4v) is 1.54. The molecule has 1 atom stereocenters. The van der Waals surface area contributed by atoms with E-state index in [1.165, 1.54) is 18.5 Å². The second-order valence-corrected chi connectivity index (χ2v) is 4.30. The van der Waals surface area contributed by atoms with Gasteiger partial charge in [-0.25, -0.2) is 13.6 Å². The maximum Gasteiger partial charge on any atom is 0.326 e. The van der Waals surface area contributed by atoms with Crippen LogP contribution in [0.3, 0.4) is 0 Å². The Kier molecular flexibility index (Phi) is 5.14. The fourth-order valence-electron chi connectivity index (χ4n) is 1.18. The highest BCUT2D eigenvalue weighted by Crippen LogP contribution is 2.10. The van der Waals surface area contributed by atoms with Crippen LogP contribution in [0, 0.1) is 0 Å². The number of rotatable bonds is 5. The summed E-state index contributed by atoms with van der Waals surface area (Å²) in [7, 11) is 0. The third kappa shape index (κ3) is 4.36. The van der Waals surface area contributed by atoms with Crippen LogP contribution in [0.1, 0.15) is 16.8 Å². The lowest BCUT2D eigenvalue weighted by Gasteiger charge is -2.13. The van der Waals surface area contributed by atoms with Gasteiger partial charge in [-0.05, 0) is 22.0 Å². The van der Waals surface area contributed by atoms with E-state index in [0.29, 0.717) is 4.47 Å². The predicted octanol–water partition coefficient (Wildman–Crippen LogP) is 1.68. The smallest absolute Gasteiger partial charge is 0.326 e. The van der Waals surface area contributed by atoms with E-state index in [9.17, 15) is 18.4 Å². The molecule has 1 aromatic heterocycles. The number of carboxylic acid groups (broad SMARTS) is 1. The summed E-state index contributed by atoms with van der Waals surface area (Å²) in [6.45, 7) is 0. The highest BCUT2D eigenvalue weighted by atomic mass is 79.9. The van der Waals surface area contributed by atoms with Crippen LogP contribution in [0.25, 0.3) is 0 Å². The summed E-state index contributed by atoms with van der Waals surface area (Å²) in [5.41, 5.74) is 0.0879. The number of carbonyl (C=O) groups is 2. The molecule has 0 aliphatic heterocycles. The zero-order valence-electron chi connectivity index (χ0n) is 8.94. The summed E-state index contributed by atoms with van der Waals surface area (Å²) >= 11 is 3.09. The Hall–Kier alpha value is -1.57. The molecule has 0 radical (unpaired) electrons. The van der Waals surface area contributed by atoms with E-state index >= 15 is 0 Å². The van der Waals surface area contributed by atoms with Crippen molar-refractivity contribution in [1.29, 1.82) is 0 Å². The second kappa shape index (κ2) is 6.39. The van der Waals surface area contributed by atoms with E-state index in [1.807, 2.05) is 5.32 Å². The van der Waals surface area contributed by atoms with Crippen molar-refractivity contribution in [3.05, 3.63) is 28.5 Å². The summed E-state index contributed by atoms with van der Waals surface area (Å²) in [6.07, 6.45) is -1.11. The Bertz CT molecular complexity index is 457. The summed E-state index contributed by atoms with van der Waals surface area (Å²) in [4.78, 5) is 26.0. The molecule has 8 heteroatoms. The predicted molar refractivity (Wildman–Crippen MR) is 61.4 cm³/mol. The molecule has 0 aromatic carbocycles. The number of pyridine rings is 1. The number of alkyl halides is 2. The Labute approximate surface area is 109 Å².